The first-order valence-electron chi connectivity index (χ1n) is 12.7. The summed E-state index contributed by atoms with van der Waals surface area (Å²) in [4.78, 5) is 30.6. The highest BCUT2D eigenvalue weighted by Crippen LogP contribution is 2.51. The number of carbonyl (C=O) groups is 2. The van der Waals surface area contributed by atoms with E-state index in [9.17, 15) is 40.3 Å². The van der Waals surface area contributed by atoms with E-state index in [-0.39, 0.29) is 50.7 Å². The Hall–Kier alpha value is -4.25. The maximum atomic E-state index is 14.1. The van der Waals surface area contributed by atoms with E-state index in [0.717, 1.165) is 10.7 Å². The van der Waals surface area contributed by atoms with Crippen molar-refractivity contribution in [1.82, 2.24) is 35.1 Å². The summed E-state index contributed by atoms with van der Waals surface area (Å²) in [5, 5.41) is 15.8. The molecule has 4 aromatic rings. The number of hydrogen-bond acceptors (Lipinski definition) is 6. The molecule has 0 aliphatic heterocycles. The van der Waals surface area contributed by atoms with Crippen LogP contribution in [0.3, 0.4) is 0 Å². The predicted octanol–water partition coefficient (Wildman–Crippen LogP) is 6.20. The Morgan fingerprint density at radius 1 is 1.02 bits per heavy atom. The fourth-order valence-electron chi connectivity index (χ4n) is 3.99. The van der Waals surface area contributed by atoms with Gasteiger partial charge in [0.1, 0.15) is 5.69 Å². The summed E-state index contributed by atoms with van der Waals surface area (Å²) in [7, 11) is 0. The Bertz CT molecular complexity index is 1760. The SMILES string of the molecule is Cc1cc(Cl)cc(C(=O)NC(C)C)c1NC(=O)c1cc(Cn2cc(C(F)(F)C(F)(F)C(F)(F)F)nn2)nn1-c1ncccc1Cl. The molecule has 19 heteroatoms. The van der Waals surface area contributed by atoms with Gasteiger partial charge in [-0.15, -0.1) is 5.10 Å². The number of anilines is 1. The average Bonchev–Trinajstić information content (AvgIpc) is 3.57. The standard InChI is InChI=1S/C26H21Cl2F7N8O2/c1-12(2)37-22(44)16-8-14(27)7-13(3)20(16)38-23(45)18-9-15(40-43(18)21-17(28)5-4-6-36-21)10-42-11-19(39-41-42)24(29,30)25(31,32)26(33,34)35/h4-9,11-12H,10H2,1-3H3,(H,37,44)(H,38,45). The van der Waals surface area contributed by atoms with Crippen molar-refractivity contribution in [3.63, 3.8) is 0 Å². The molecule has 0 unspecified atom stereocenters. The lowest BCUT2D eigenvalue weighted by atomic mass is 10.1. The molecule has 3 heterocycles. The number of hydrogen-bond donors (Lipinski definition) is 2. The van der Waals surface area contributed by atoms with Crippen molar-refractivity contribution in [1.29, 1.82) is 0 Å². The summed E-state index contributed by atoms with van der Waals surface area (Å²) < 4.78 is 94.7. The van der Waals surface area contributed by atoms with Crippen LogP contribution in [0.4, 0.5) is 36.4 Å². The first-order valence-corrected chi connectivity index (χ1v) is 13.4. The molecule has 0 spiro atoms. The Labute approximate surface area is 259 Å². The predicted molar refractivity (Wildman–Crippen MR) is 147 cm³/mol. The van der Waals surface area contributed by atoms with Crippen LogP contribution < -0.4 is 10.6 Å². The molecular weight excluding hydrogens is 660 g/mol. The van der Waals surface area contributed by atoms with E-state index in [0.29, 0.717) is 10.2 Å². The van der Waals surface area contributed by atoms with E-state index >= 15 is 0 Å². The quantitative estimate of drug-likeness (QED) is 0.203. The van der Waals surface area contributed by atoms with Crippen molar-refractivity contribution in [2.24, 2.45) is 0 Å². The third-order valence-electron chi connectivity index (χ3n) is 6.07. The molecule has 4 rings (SSSR count). The highest BCUT2D eigenvalue weighted by Gasteiger charge is 2.74. The zero-order valence-corrected chi connectivity index (χ0v) is 24.7. The van der Waals surface area contributed by atoms with Gasteiger partial charge in [0.15, 0.2) is 11.5 Å². The molecule has 0 fully saturated rings. The number of rotatable bonds is 9. The minimum atomic E-state index is -6.57. The average molecular weight is 681 g/mol. The van der Waals surface area contributed by atoms with Crippen LogP contribution in [-0.2, 0) is 12.5 Å². The van der Waals surface area contributed by atoms with Crippen LogP contribution in [0.25, 0.3) is 5.82 Å². The van der Waals surface area contributed by atoms with Crippen molar-refractivity contribution in [2.45, 2.75) is 51.4 Å². The number of pyridine rings is 1. The molecule has 0 atom stereocenters. The number of amides is 2. The summed E-state index contributed by atoms with van der Waals surface area (Å²) in [5.41, 5.74) is -1.76. The first-order chi connectivity index (χ1) is 20.8. The number of halogens is 9. The highest BCUT2D eigenvalue weighted by atomic mass is 35.5. The van der Waals surface area contributed by atoms with Gasteiger partial charge in [-0.05, 0) is 56.7 Å². The number of benzene rings is 1. The van der Waals surface area contributed by atoms with Gasteiger partial charge < -0.3 is 10.6 Å². The van der Waals surface area contributed by atoms with Gasteiger partial charge in [0.2, 0.25) is 0 Å². The van der Waals surface area contributed by atoms with E-state index in [1.54, 1.807) is 20.8 Å². The van der Waals surface area contributed by atoms with Crippen LogP contribution in [0.5, 0.6) is 0 Å². The molecule has 1 aromatic carbocycles. The van der Waals surface area contributed by atoms with Gasteiger partial charge in [0, 0.05) is 17.3 Å². The monoisotopic (exact) mass is 680 g/mol. The molecule has 0 radical (unpaired) electrons. The summed E-state index contributed by atoms with van der Waals surface area (Å²) >= 11 is 12.4. The van der Waals surface area contributed by atoms with Gasteiger partial charge in [-0.3, -0.25) is 9.59 Å². The van der Waals surface area contributed by atoms with Gasteiger partial charge in [0.05, 0.1) is 34.7 Å². The number of alkyl halides is 7. The summed E-state index contributed by atoms with van der Waals surface area (Å²) in [6, 6.07) is 6.65. The van der Waals surface area contributed by atoms with Crippen molar-refractivity contribution in [3.05, 3.63) is 81.0 Å². The number of carbonyl (C=O) groups excluding carboxylic acids is 2. The highest BCUT2D eigenvalue weighted by molar-refractivity contribution is 6.32. The van der Waals surface area contributed by atoms with Crippen molar-refractivity contribution >= 4 is 40.7 Å². The van der Waals surface area contributed by atoms with E-state index in [2.05, 4.69) is 31.0 Å². The maximum absolute atomic E-state index is 14.1. The zero-order chi connectivity index (χ0) is 33.5. The largest absolute Gasteiger partial charge is 0.460 e. The fraction of sp³-hybridized carbons (Fsp3) is 0.308. The smallest absolute Gasteiger partial charge is 0.350 e. The van der Waals surface area contributed by atoms with Crippen LogP contribution in [-0.4, -0.2) is 59.7 Å². The van der Waals surface area contributed by atoms with Crippen LogP contribution in [0.15, 0.2) is 42.7 Å². The topological polar surface area (TPSA) is 120 Å². The lowest BCUT2D eigenvalue weighted by Gasteiger charge is -2.26. The molecule has 0 saturated carbocycles. The third kappa shape index (κ3) is 6.73. The molecule has 0 aliphatic rings. The van der Waals surface area contributed by atoms with Gasteiger partial charge in [-0.1, -0.05) is 28.4 Å². The molecule has 0 saturated heterocycles. The van der Waals surface area contributed by atoms with Crippen LogP contribution in [0, 0.1) is 6.92 Å². The first kappa shape index (κ1) is 33.6. The number of aromatic nitrogens is 6. The van der Waals surface area contributed by atoms with Crippen molar-refractivity contribution < 1.29 is 40.3 Å². The Morgan fingerprint density at radius 3 is 2.33 bits per heavy atom. The molecule has 45 heavy (non-hydrogen) atoms. The minimum absolute atomic E-state index is 0.0259. The van der Waals surface area contributed by atoms with Crippen LogP contribution in [0.2, 0.25) is 10.0 Å². The van der Waals surface area contributed by atoms with E-state index < -0.39 is 42.1 Å². The van der Waals surface area contributed by atoms with Crippen molar-refractivity contribution in [3.8, 4) is 5.82 Å². The summed E-state index contributed by atoms with van der Waals surface area (Å²) in [5.74, 6) is -13.6. The van der Waals surface area contributed by atoms with Gasteiger partial charge in [-0.25, -0.2) is 14.3 Å². The van der Waals surface area contributed by atoms with Gasteiger partial charge >= 0.3 is 18.0 Å². The lowest BCUT2D eigenvalue weighted by Crippen LogP contribution is -2.50. The molecule has 0 bridgehead atoms. The van der Waals surface area contributed by atoms with E-state index in [4.69, 9.17) is 23.2 Å². The Balaban J connectivity index is 1.73. The molecule has 3 aromatic heterocycles. The lowest BCUT2D eigenvalue weighted by molar-refractivity contribution is -0.360. The maximum Gasteiger partial charge on any atom is 0.460 e. The molecule has 240 valence electrons. The molecule has 0 aliphatic carbocycles. The van der Waals surface area contributed by atoms with E-state index in [1.165, 1.54) is 30.5 Å². The zero-order valence-electron chi connectivity index (χ0n) is 23.2. The van der Waals surface area contributed by atoms with Crippen LogP contribution >= 0.6 is 23.2 Å². The number of nitrogens with one attached hydrogen (secondary N) is 2. The third-order valence-corrected chi connectivity index (χ3v) is 6.58. The molecular formula is C26H21Cl2F7N8O2. The molecule has 2 amide bonds. The molecule has 2 N–H and O–H groups in total. The minimum Gasteiger partial charge on any atom is -0.350 e. The Kier molecular flexibility index (Phi) is 9.17. The second-order valence-corrected chi connectivity index (χ2v) is 10.8. The second-order valence-electron chi connectivity index (χ2n) is 9.92. The van der Waals surface area contributed by atoms with Gasteiger partial charge in [-0.2, -0.15) is 35.8 Å². The van der Waals surface area contributed by atoms with Crippen molar-refractivity contribution in [2.75, 3.05) is 5.32 Å². The second kappa shape index (κ2) is 12.3. The van der Waals surface area contributed by atoms with E-state index in [1.807, 2.05) is 0 Å². The summed E-state index contributed by atoms with van der Waals surface area (Å²) in [6.07, 6.45) is -5.04. The Morgan fingerprint density at radius 2 is 1.71 bits per heavy atom. The fourth-order valence-corrected chi connectivity index (χ4v) is 4.47. The summed E-state index contributed by atoms with van der Waals surface area (Å²) in [6.45, 7) is 4.43. The number of nitrogens with zero attached hydrogens (tertiary/aromatic N) is 6. The molecule has 10 nitrogen and oxygen atoms in total. The normalized spacial score (nSPS) is 12.5. The van der Waals surface area contributed by atoms with Crippen LogP contribution in [0.1, 0.15) is 51.6 Å². The van der Waals surface area contributed by atoms with Gasteiger partial charge in [0.25, 0.3) is 11.8 Å². The number of aryl methyl sites for hydroxylation is 1.